The lowest BCUT2D eigenvalue weighted by Gasteiger charge is -2.19. The first-order chi connectivity index (χ1) is 11.5. The number of rotatable bonds is 10. The highest BCUT2D eigenvalue weighted by atomic mass is 32.2. The molecule has 6 nitrogen and oxygen atoms in total. The van der Waals surface area contributed by atoms with Gasteiger partial charge in [-0.15, -0.1) is 11.8 Å². The highest BCUT2D eigenvalue weighted by Gasteiger charge is 2.14. The van der Waals surface area contributed by atoms with Gasteiger partial charge in [0.05, 0.1) is 6.61 Å². The lowest BCUT2D eigenvalue weighted by molar-refractivity contribution is -0.120. The number of carbonyl (C=O) groups is 1. The predicted octanol–water partition coefficient (Wildman–Crippen LogP) is 2.03. The lowest BCUT2D eigenvalue weighted by atomic mass is 10.1. The molecule has 7 heteroatoms. The van der Waals surface area contributed by atoms with E-state index in [1.165, 1.54) is 11.8 Å². The van der Waals surface area contributed by atoms with E-state index in [0.29, 0.717) is 25.3 Å². The number of benzene rings is 1. The molecular weight excluding hydrogens is 326 g/mol. The predicted molar refractivity (Wildman–Crippen MR) is 98.6 cm³/mol. The molecule has 1 aromatic carbocycles. The third-order valence-electron chi connectivity index (χ3n) is 3.31. The van der Waals surface area contributed by atoms with Crippen molar-refractivity contribution in [2.45, 2.75) is 25.8 Å². The molecule has 0 saturated heterocycles. The molecule has 0 spiro atoms. The molecular formula is C17H27N3O3S. The van der Waals surface area contributed by atoms with Crippen LogP contribution in [-0.2, 0) is 14.3 Å². The topological polar surface area (TPSA) is 83.4 Å². The standard InChI is InChI=1S/C17H27N3O3S/c1-12-5-6-14(13(2)11-12)16(18)23-17(19-3)24-10-7-15(21)20-8-9-22-4/h5-6,11,17-19H,7-10H2,1-4H3,(H,20,21). The minimum Gasteiger partial charge on any atom is -0.449 e. The Hall–Kier alpha value is -1.57. The Balaban J connectivity index is 2.41. The zero-order chi connectivity index (χ0) is 17.9. The van der Waals surface area contributed by atoms with E-state index in [1.54, 1.807) is 14.2 Å². The van der Waals surface area contributed by atoms with Gasteiger partial charge in [0.1, 0.15) is 0 Å². The molecule has 134 valence electrons. The average Bonchev–Trinajstić information content (AvgIpc) is 2.53. The number of ether oxygens (including phenoxy) is 2. The zero-order valence-electron chi connectivity index (χ0n) is 14.8. The van der Waals surface area contributed by atoms with Gasteiger partial charge in [-0.2, -0.15) is 0 Å². The summed E-state index contributed by atoms with van der Waals surface area (Å²) in [6.07, 6.45) is 0.396. The van der Waals surface area contributed by atoms with Crippen LogP contribution in [0.4, 0.5) is 0 Å². The summed E-state index contributed by atoms with van der Waals surface area (Å²) in [7, 11) is 3.37. The van der Waals surface area contributed by atoms with Gasteiger partial charge in [0.25, 0.3) is 0 Å². The van der Waals surface area contributed by atoms with Gasteiger partial charge in [0, 0.05) is 31.4 Å². The monoisotopic (exact) mass is 353 g/mol. The van der Waals surface area contributed by atoms with E-state index in [-0.39, 0.29) is 17.4 Å². The van der Waals surface area contributed by atoms with Crippen molar-refractivity contribution in [3.63, 3.8) is 0 Å². The van der Waals surface area contributed by atoms with Crippen LogP contribution in [0.1, 0.15) is 23.1 Å². The van der Waals surface area contributed by atoms with E-state index in [0.717, 1.165) is 16.7 Å². The fourth-order valence-electron chi connectivity index (χ4n) is 2.05. The average molecular weight is 353 g/mol. The second-order valence-corrected chi connectivity index (χ2v) is 6.52. The fourth-order valence-corrected chi connectivity index (χ4v) is 2.90. The highest BCUT2D eigenvalue weighted by Crippen LogP contribution is 2.16. The van der Waals surface area contributed by atoms with Crippen molar-refractivity contribution in [3.8, 4) is 0 Å². The van der Waals surface area contributed by atoms with Gasteiger partial charge in [-0.3, -0.25) is 15.5 Å². The number of aryl methyl sites for hydroxylation is 2. The number of hydrogen-bond donors (Lipinski definition) is 3. The molecule has 0 aromatic heterocycles. The maximum atomic E-state index is 11.6. The van der Waals surface area contributed by atoms with Crippen LogP contribution in [-0.4, -0.2) is 50.4 Å². The number of nitrogens with one attached hydrogen (secondary N) is 3. The maximum absolute atomic E-state index is 11.6. The molecule has 3 N–H and O–H groups in total. The summed E-state index contributed by atoms with van der Waals surface area (Å²) in [5.41, 5.74) is 2.57. The van der Waals surface area contributed by atoms with Gasteiger partial charge >= 0.3 is 0 Å². The van der Waals surface area contributed by atoms with Crippen molar-refractivity contribution in [2.24, 2.45) is 0 Å². The van der Waals surface area contributed by atoms with Crippen LogP contribution in [0.15, 0.2) is 18.2 Å². The molecule has 1 atom stereocenters. The SMILES string of the molecule is CNC(OC(=N)c1ccc(C)cc1C)SCCC(=O)NCCOC. The van der Waals surface area contributed by atoms with Crippen molar-refractivity contribution < 1.29 is 14.3 Å². The van der Waals surface area contributed by atoms with Crippen LogP contribution in [0.25, 0.3) is 0 Å². The lowest BCUT2D eigenvalue weighted by Crippen LogP contribution is -2.30. The number of methoxy groups -OCH3 is 1. The van der Waals surface area contributed by atoms with E-state index < -0.39 is 0 Å². The number of carbonyl (C=O) groups excluding carboxylic acids is 1. The summed E-state index contributed by atoms with van der Waals surface area (Å²) in [5, 5.41) is 13.9. The van der Waals surface area contributed by atoms with Crippen LogP contribution >= 0.6 is 11.8 Å². The third kappa shape index (κ3) is 7.33. The normalized spacial score (nSPS) is 11.8. The van der Waals surface area contributed by atoms with Crippen LogP contribution < -0.4 is 10.6 Å². The van der Waals surface area contributed by atoms with Crippen molar-refractivity contribution in [2.75, 3.05) is 33.1 Å². The maximum Gasteiger partial charge on any atom is 0.220 e. The van der Waals surface area contributed by atoms with Gasteiger partial charge in [-0.05, 0) is 32.5 Å². The summed E-state index contributed by atoms with van der Waals surface area (Å²) >= 11 is 1.45. The van der Waals surface area contributed by atoms with Crippen molar-refractivity contribution >= 4 is 23.6 Å². The van der Waals surface area contributed by atoms with Crippen LogP contribution in [0.5, 0.6) is 0 Å². The fraction of sp³-hybridized carbons (Fsp3) is 0.529. The largest absolute Gasteiger partial charge is 0.449 e. The van der Waals surface area contributed by atoms with E-state index >= 15 is 0 Å². The summed E-state index contributed by atoms with van der Waals surface area (Å²) in [6.45, 7) is 5.01. The van der Waals surface area contributed by atoms with Gasteiger partial charge in [0.15, 0.2) is 5.56 Å². The third-order valence-corrected chi connectivity index (χ3v) is 4.39. The van der Waals surface area contributed by atoms with E-state index in [9.17, 15) is 4.79 Å². The van der Waals surface area contributed by atoms with E-state index in [4.69, 9.17) is 14.9 Å². The van der Waals surface area contributed by atoms with E-state index in [1.807, 2.05) is 32.0 Å². The minimum atomic E-state index is -0.370. The molecule has 0 aliphatic carbocycles. The van der Waals surface area contributed by atoms with E-state index in [2.05, 4.69) is 10.6 Å². The first-order valence-electron chi connectivity index (χ1n) is 7.85. The molecule has 1 amide bonds. The molecule has 0 saturated carbocycles. The Kier molecular flexibility index (Phi) is 9.44. The Bertz CT molecular complexity index is 552. The molecule has 0 bridgehead atoms. The molecule has 0 fully saturated rings. The Morgan fingerprint density at radius 1 is 1.38 bits per heavy atom. The number of amides is 1. The molecule has 1 rings (SSSR count). The van der Waals surface area contributed by atoms with Crippen molar-refractivity contribution in [3.05, 3.63) is 34.9 Å². The van der Waals surface area contributed by atoms with Crippen LogP contribution in [0, 0.1) is 19.3 Å². The molecule has 0 radical (unpaired) electrons. The molecule has 1 unspecified atom stereocenters. The summed E-state index contributed by atoms with van der Waals surface area (Å²) < 4.78 is 10.6. The first kappa shape index (κ1) is 20.5. The summed E-state index contributed by atoms with van der Waals surface area (Å²) in [5.74, 6) is 0.715. The zero-order valence-corrected chi connectivity index (χ0v) is 15.6. The molecule has 0 aliphatic rings. The number of thioether (sulfide) groups is 1. The Morgan fingerprint density at radius 2 is 2.12 bits per heavy atom. The Labute approximate surface area is 148 Å². The van der Waals surface area contributed by atoms with Gasteiger partial charge in [0.2, 0.25) is 11.8 Å². The highest BCUT2D eigenvalue weighted by molar-refractivity contribution is 7.99. The molecule has 24 heavy (non-hydrogen) atoms. The molecule has 0 heterocycles. The quantitative estimate of drug-likeness (QED) is 0.259. The van der Waals surface area contributed by atoms with Crippen LogP contribution in [0.3, 0.4) is 0 Å². The Morgan fingerprint density at radius 3 is 2.75 bits per heavy atom. The molecule has 0 aliphatic heterocycles. The van der Waals surface area contributed by atoms with Crippen molar-refractivity contribution in [1.82, 2.24) is 10.6 Å². The summed E-state index contributed by atoms with van der Waals surface area (Å²) in [4.78, 5) is 11.6. The van der Waals surface area contributed by atoms with Gasteiger partial charge < -0.3 is 14.8 Å². The second kappa shape index (κ2) is 11.1. The number of hydrogen-bond acceptors (Lipinski definition) is 6. The smallest absolute Gasteiger partial charge is 0.220 e. The van der Waals surface area contributed by atoms with Crippen LogP contribution in [0.2, 0.25) is 0 Å². The molecule has 1 aromatic rings. The second-order valence-electron chi connectivity index (χ2n) is 5.35. The first-order valence-corrected chi connectivity index (χ1v) is 8.90. The minimum absolute atomic E-state index is 0.0149. The summed E-state index contributed by atoms with van der Waals surface area (Å²) in [6, 6.07) is 5.89. The van der Waals surface area contributed by atoms with Crippen molar-refractivity contribution in [1.29, 1.82) is 5.41 Å². The van der Waals surface area contributed by atoms with Gasteiger partial charge in [-0.1, -0.05) is 17.7 Å². The van der Waals surface area contributed by atoms with Gasteiger partial charge in [-0.25, -0.2) is 0 Å².